The quantitative estimate of drug-likeness (QED) is 0.800. The van der Waals surface area contributed by atoms with E-state index in [4.69, 9.17) is 9.52 Å². The Morgan fingerprint density at radius 3 is 2.61 bits per heavy atom. The number of carbonyl (C=O) groups is 1. The molecule has 0 aliphatic rings. The van der Waals surface area contributed by atoms with E-state index in [-0.39, 0.29) is 18.8 Å². The fraction of sp³-hybridized carbons (Fsp3) is 0.545. The van der Waals surface area contributed by atoms with Crippen LogP contribution in [0.25, 0.3) is 0 Å². The molecule has 6 nitrogen and oxygen atoms in total. The van der Waals surface area contributed by atoms with Crippen LogP contribution in [0.2, 0.25) is 0 Å². The van der Waals surface area contributed by atoms with Gasteiger partial charge in [0.15, 0.2) is 9.84 Å². The second kappa shape index (κ2) is 5.11. The molecule has 0 radical (unpaired) electrons. The minimum Gasteiger partial charge on any atom is -0.475 e. The smallest absolute Gasteiger partial charge is 0.372 e. The number of carboxylic acids is 1. The van der Waals surface area contributed by atoms with Gasteiger partial charge in [-0.1, -0.05) is 0 Å². The number of hydrogen-bond acceptors (Lipinski definition) is 5. The third kappa shape index (κ3) is 3.33. The van der Waals surface area contributed by atoms with Crippen molar-refractivity contribution in [3.8, 4) is 0 Å². The van der Waals surface area contributed by atoms with Crippen molar-refractivity contribution in [1.29, 1.82) is 0 Å². The summed E-state index contributed by atoms with van der Waals surface area (Å²) in [5.74, 6) is -1.26. The van der Waals surface area contributed by atoms with E-state index >= 15 is 0 Å². The maximum Gasteiger partial charge on any atom is 0.372 e. The summed E-state index contributed by atoms with van der Waals surface area (Å²) < 4.78 is 26.9. The molecule has 0 unspecified atom stereocenters. The molecule has 1 aromatic heterocycles. The Morgan fingerprint density at radius 1 is 1.50 bits per heavy atom. The van der Waals surface area contributed by atoms with Gasteiger partial charge < -0.3 is 14.8 Å². The van der Waals surface area contributed by atoms with Crippen molar-refractivity contribution in [2.75, 3.05) is 12.8 Å². The predicted molar refractivity (Wildman–Crippen MR) is 66.3 cm³/mol. The minimum atomic E-state index is -3.17. The molecule has 2 N–H and O–H groups in total. The lowest BCUT2D eigenvalue weighted by atomic mass is 10.2. The summed E-state index contributed by atoms with van der Waals surface area (Å²) in [6, 6.07) is 1.55. The Kier molecular flexibility index (Phi) is 4.18. The number of nitrogens with one attached hydrogen (secondary N) is 1. The molecule has 0 fully saturated rings. The van der Waals surface area contributed by atoms with Crippen molar-refractivity contribution in [3.05, 3.63) is 23.7 Å². The summed E-state index contributed by atoms with van der Waals surface area (Å²) in [5.41, 5.74) is 0.492. The fourth-order valence-electron chi connectivity index (χ4n) is 1.29. The molecule has 0 atom stereocenters. The first-order valence-electron chi connectivity index (χ1n) is 5.35. The van der Waals surface area contributed by atoms with Gasteiger partial charge in [-0.05, 0) is 19.9 Å². The van der Waals surface area contributed by atoms with Crippen LogP contribution in [-0.4, -0.2) is 37.0 Å². The average Bonchev–Trinajstić information content (AvgIpc) is 2.63. The van der Waals surface area contributed by atoms with Crippen LogP contribution in [0.3, 0.4) is 0 Å². The first kappa shape index (κ1) is 14.7. The maximum absolute atomic E-state index is 11.5. The Bertz CT molecular complexity index is 529. The second-order valence-electron chi connectivity index (χ2n) is 4.72. The lowest BCUT2D eigenvalue weighted by molar-refractivity contribution is 0.0660. The van der Waals surface area contributed by atoms with Crippen LogP contribution in [-0.2, 0) is 16.4 Å². The van der Waals surface area contributed by atoms with E-state index in [9.17, 15) is 13.2 Å². The minimum absolute atomic E-state index is 0.125. The zero-order valence-corrected chi connectivity index (χ0v) is 11.4. The third-order valence-corrected chi connectivity index (χ3v) is 4.96. The normalized spacial score (nSPS) is 12.6. The van der Waals surface area contributed by atoms with Crippen LogP contribution in [0.5, 0.6) is 0 Å². The molecule has 0 amide bonds. The Balaban J connectivity index is 2.63. The van der Waals surface area contributed by atoms with Gasteiger partial charge in [0.25, 0.3) is 0 Å². The zero-order valence-electron chi connectivity index (χ0n) is 10.6. The van der Waals surface area contributed by atoms with Crippen LogP contribution in [0.15, 0.2) is 16.7 Å². The van der Waals surface area contributed by atoms with Gasteiger partial charge in [-0.25, -0.2) is 13.2 Å². The highest BCUT2D eigenvalue weighted by atomic mass is 32.2. The van der Waals surface area contributed by atoms with Gasteiger partial charge in [-0.3, -0.25) is 0 Å². The average molecular weight is 275 g/mol. The number of sulfone groups is 1. The molecule has 1 aromatic rings. The molecule has 102 valence electrons. The summed E-state index contributed by atoms with van der Waals surface area (Å²) >= 11 is 0. The van der Waals surface area contributed by atoms with Crippen molar-refractivity contribution in [2.45, 2.75) is 25.1 Å². The summed E-state index contributed by atoms with van der Waals surface area (Å²) in [4.78, 5) is 10.8. The Morgan fingerprint density at radius 2 is 2.11 bits per heavy atom. The molecular formula is C11H17NO5S. The molecule has 0 bridgehead atoms. The highest BCUT2D eigenvalue weighted by Crippen LogP contribution is 2.15. The Hall–Kier alpha value is -1.34. The fourth-order valence-corrected chi connectivity index (χ4v) is 1.66. The van der Waals surface area contributed by atoms with Crippen molar-refractivity contribution in [2.24, 2.45) is 0 Å². The van der Waals surface area contributed by atoms with E-state index in [1.807, 2.05) is 0 Å². The number of furan rings is 1. The number of hydrogen-bond donors (Lipinski definition) is 2. The largest absolute Gasteiger partial charge is 0.475 e. The molecule has 0 saturated carbocycles. The van der Waals surface area contributed by atoms with Crippen molar-refractivity contribution in [1.82, 2.24) is 5.32 Å². The molecular weight excluding hydrogens is 258 g/mol. The van der Waals surface area contributed by atoms with Crippen molar-refractivity contribution < 1.29 is 22.7 Å². The summed E-state index contributed by atoms with van der Waals surface area (Å²) in [7, 11) is -3.17. The van der Waals surface area contributed by atoms with Gasteiger partial charge in [0.2, 0.25) is 5.76 Å². The number of aromatic carboxylic acids is 1. The standard InChI is InChI=1S/C11H17NO5S/c1-11(2,18(3,15)16)7-12-6-8-4-5-17-9(8)10(13)14/h4-5,12H,6-7H2,1-3H3,(H,13,14). The first-order valence-corrected chi connectivity index (χ1v) is 7.24. The number of carboxylic acid groups (broad SMARTS) is 1. The molecule has 0 aliphatic carbocycles. The molecule has 0 aliphatic heterocycles. The van der Waals surface area contributed by atoms with Gasteiger partial charge in [0.05, 0.1) is 11.0 Å². The van der Waals surface area contributed by atoms with E-state index in [2.05, 4.69) is 5.32 Å². The van der Waals surface area contributed by atoms with Crippen molar-refractivity contribution in [3.63, 3.8) is 0 Å². The first-order chi connectivity index (χ1) is 8.15. The zero-order chi connectivity index (χ0) is 14.0. The van der Waals surface area contributed by atoms with E-state index in [1.54, 1.807) is 19.9 Å². The maximum atomic E-state index is 11.5. The molecule has 0 saturated heterocycles. The van der Waals surface area contributed by atoms with Crippen LogP contribution in [0.4, 0.5) is 0 Å². The van der Waals surface area contributed by atoms with Crippen LogP contribution >= 0.6 is 0 Å². The van der Waals surface area contributed by atoms with Gasteiger partial charge in [0, 0.05) is 24.9 Å². The van der Waals surface area contributed by atoms with Crippen LogP contribution in [0.1, 0.15) is 30.0 Å². The summed E-state index contributed by atoms with van der Waals surface area (Å²) in [6.45, 7) is 3.71. The van der Waals surface area contributed by atoms with E-state index in [0.29, 0.717) is 5.56 Å². The topological polar surface area (TPSA) is 96.6 Å². The highest BCUT2D eigenvalue weighted by Gasteiger charge is 2.29. The molecule has 7 heteroatoms. The molecule has 0 spiro atoms. The molecule has 18 heavy (non-hydrogen) atoms. The van der Waals surface area contributed by atoms with Gasteiger partial charge in [-0.2, -0.15) is 0 Å². The Labute approximate surface area is 106 Å². The van der Waals surface area contributed by atoms with Crippen LogP contribution < -0.4 is 5.32 Å². The van der Waals surface area contributed by atoms with E-state index in [1.165, 1.54) is 12.5 Å². The van der Waals surface area contributed by atoms with Gasteiger partial charge >= 0.3 is 5.97 Å². The van der Waals surface area contributed by atoms with Crippen molar-refractivity contribution >= 4 is 15.8 Å². The van der Waals surface area contributed by atoms with Gasteiger partial charge in [-0.15, -0.1) is 0 Å². The van der Waals surface area contributed by atoms with Gasteiger partial charge in [0.1, 0.15) is 0 Å². The number of rotatable bonds is 6. The summed E-state index contributed by atoms with van der Waals surface area (Å²) in [6.07, 6.45) is 2.47. The predicted octanol–water partition coefficient (Wildman–Crippen LogP) is 0.891. The van der Waals surface area contributed by atoms with E-state index < -0.39 is 20.6 Å². The summed E-state index contributed by atoms with van der Waals surface area (Å²) in [5, 5.41) is 11.8. The third-order valence-electron chi connectivity index (χ3n) is 2.81. The monoisotopic (exact) mass is 275 g/mol. The molecule has 1 heterocycles. The second-order valence-corrected chi connectivity index (χ2v) is 7.37. The lowest BCUT2D eigenvalue weighted by Gasteiger charge is -2.22. The molecule has 0 aromatic carbocycles. The van der Waals surface area contributed by atoms with Crippen LogP contribution in [0, 0.1) is 0 Å². The lowest BCUT2D eigenvalue weighted by Crippen LogP contribution is -2.41. The molecule has 1 rings (SSSR count). The highest BCUT2D eigenvalue weighted by molar-refractivity contribution is 7.92. The SMILES string of the molecule is CC(C)(CNCc1ccoc1C(=O)O)S(C)(=O)=O. The van der Waals surface area contributed by atoms with E-state index in [0.717, 1.165) is 0 Å².